The highest BCUT2D eigenvalue weighted by Gasteiger charge is 2.52. The lowest BCUT2D eigenvalue weighted by Gasteiger charge is -2.24. The maximum Gasteiger partial charge on any atom is 0.311 e. The van der Waals surface area contributed by atoms with E-state index in [0.717, 1.165) is 16.3 Å². The number of hydrogen-bond acceptors (Lipinski definition) is 2. The van der Waals surface area contributed by atoms with Crippen LogP contribution in [-0.2, 0) is 9.09 Å². The summed E-state index contributed by atoms with van der Waals surface area (Å²) in [7, 11) is -1.98. The van der Waals surface area contributed by atoms with Gasteiger partial charge in [0.05, 0.1) is 0 Å². The summed E-state index contributed by atoms with van der Waals surface area (Å²) in [6, 6.07) is 22.5. The minimum atomic E-state index is -3.66. The average Bonchev–Trinajstić information content (AvgIpc) is 2.93. The molecule has 0 spiro atoms. The van der Waals surface area contributed by atoms with Gasteiger partial charge in [0, 0.05) is 6.04 Å². The fraction of sp³-hybridized carbons (Fsp3) is 0.238. The molecule has 0 saturated carbocycles. The predicted octanol–water partition coefficient (Wildman–Crippen LogP) is 6.09. The molecule has 134 valence electrons. The quantitative estimate of drug-likeness (QED) is 0.523. The number of halogens is 1. The van der Waals surface area contributed by atoms with Crippen molar-refractivity contribution in [3.8, 4) is 0 Å². The molecule has 3 aromatic carbocycles. The first-order chi connectivity index (χ1) is 12.5. The Morgan fingerprint density at radius 1 is 1.00 bits per heavy atom. The van der Waals surface area contributed by atoms with Gasteiger partial charge in [-0.15, -0.1) is 0 Å². The van der Waals surface area contributed by atoms with Crippen LogP contribution in [0.25, 0.3) is 10.8 Å². The Morgan fingerprint density at radius 3 is 2.38 bits per heavy atom. The molecule has 1 saturated heterocycles. The van der Waals surface area contributed by atoms with Crippen LogP contribution in [-0.4, -0.2) is 17.8 Å². The van der Waals surface area contributed by atoms with E-state index in [2.05, 4.69) is 0 Å². The summed E-state index contributed by atoms with van der Waals surface area (Å²) in [6.45, 7) is 1.92. The first-order valence-electron chi connectivity index (χ1n) is 8.70. The lowest BCUT2D eigenvalue weighted by atomic mass is 10.0. The largest absolute Gasteiger partial charge is 0.311 e. The van der Waals surface area contributed by atoms with E-state index in [1.54, 1.807) is 23.9 Å². The minimum absolute atomic E-state index is 0.179. The minimum Gasteiger partial charge on any atom is -0.305 e. The second kappa shape index (κ2) is 6.62. The molecule has 1 aliphatic heterocycles. The standard InChI is InChI=1S/C21H21FNO2P/c1-15-20(17-9-4-3-5-10-17)25-26(24,23(15)2)21(22)19-13-12-16-8-6-7-11-18(16)14-19/h3-15,20-21H,1-2H3/t15-,20-,21-,26-/m0/s1. The van der Waals surface area contributed by atoms with Crippen molar-refractivity contribution in [1.82, 2.24) is 4.67 Å². The van der Waals surface area contributed by atoms with Crippen molar-refractivity contribution in [3.63, 3.8) is 0 Å². The third-order valence-electron chi connectivity index (χ3n) is 5.20. The number of benzene rings is 3. The lowest BCUT2D eigenvalue weighted by Crippen LogP contribution is -2.24. The molecule has 0 N–H and O–H groups in total. The molecule has 0 aliphatic carbocycles. The van der Waals surface area contributed by atoms with E-state index < -0.39 is 19.5 Å². The zero-order valence-corrected chi connectivity index (χ0v) is 15.6. The highest BCUT2D eigenvalue weighted by atomic mass is 31.2. The Labute approximate surface area is 152 Å². The SMILES string of the molecule is C[C@H]1[C@@H](c2ccccc2)O[P@@](=O)([C@H](F)c2ccc3ccccc3c2)N1C. The molecule has 1 aliphatic rings. The van der Waals surface area contributed by atoms with Crippen molar-refractivity contribution in [2.24, 2.45) is 0 Å². The van der Waals surface area contributed by atoms with E-state index in [4.69, 9.17) is 4.52 Å². The van der Waals surface area contributed by atoms with Crippen molar-refractivity contribution < 1.29 is 13.5 Å². The second-order valence-corrected chi connectivity index (χ2v) is 9.18. The van der Waals surface area contributed by atoms with Gasteiger partial charge in [-0.3, -0.25) is 4.57 Å². The second-order valence-electron chi connectivity index (χ2n) is 6.76. The fourth-order valence-electron chi connectivity index (χ4n) is 3.51. The summed E-state index contributed by atoms with van der Waals surface area (Å²) in [5.41, 5.74) is 1.30. The average molecular weight is 369 g/mol. The molecule has 4 rings (SSSR count). The van der Waals surface area contributed by atoms with Crippen LogP contribution in [0.3, 0.4) is 0 Å². The fourth-order valence-corrected chi connectivity index (χ4v) is 5.88. The summed E-state index contributed by atoms with van der Waals surface area (Å²) < 4.78 is 36.4. The third-order valence-corrected chi connectivity index (χ3v) is 7.84. The van der Waals surface area contributed by atoms with Gasteiger partial charge >= 0.3 is 7.52 Å². The monoisotopic (exact) mass is 369 g/mol. The lowest BCUT2D eigenvalue weighted by molar-refractivity contribution is 0.203. The summed E-state index contributed by atoms with van der Waals surface area (Å²) in [5.74, 6) is -1.69. The van der Waals surface area contributed by atoms with Crippen LogP contribution in [0.2, 0.25) is 0 Å². The molecule has 3 nitrogen and oxygen atoms in total. The molecule has 0 radical (unpaired) electrons. The zero-order chi connectivity index (χ0) is 18.3. The van der Waals surface area contributed by atoms with Crippen LogP contribution >= 0.6 is 7.52 Å². The normalized spacial score (nSPS) is 27.7. The smallest absolute Gasteiger partial charge is 0.305 e. The van der Waals surface area contributed by atoms with Gasteiger partial charge in [-0.2, -0.15) is 0 Å². The van der Waals surface area contributed by atoms with Crippen molar-refractivity contribution in [2.75, 3.05) is 7.05 Å². The zero-order valence-electron chi connectivity index (χ0n) is 14.7. The molecular weight excluding hydrogens is 348 g/mol. The third kappa shape index (κ3) is 2.79. The Hall–Kier alpha value is -2.00. The van der Waals surface area contributed by atoms with E-state index >= 15 is 4.39 Å². The highest BCUT2D eigenvalue weighted by molar-refractivity contribution is 7.57. The van der Waals surface area contributed by atoms with Crippen LogP contribution in [0.15, 0.2) is 72.8 Å². The maximum atomic E-state index is 15.4. The molecule has 1 fully saturated rings. The number of fused-ring (bicyclic) bond motifs is 1. The summed E-state index contributed by atoms with van der Waals surface area (Å²) in [4.78, 5) is 0. The molecule has 0 bridgehead atoms. The first-order valence-corrected chi connectivity index (χ1v) is 10.3. The number of hydrogen-bond donors (Lipinski definition) is 0. The number of likely N-dealkylation sites (N-methyl/N-ethyl adjacent to an activating group) is 1. The molecule has 26 heavy (non-hydrogen) atoms. The first kappa shape index (κ1) is 17.4. The van der Waals surface area contributed by atoms with E-state index in [1.165, 1.54) is 0 Å². The van der Waals surface area contributed by atoms with E-state index in [1.807, 2.05) is 67.6 Å². The molecular formula is C21H21FNO2P. The molecule has 0 unspecified atom stereocenters. The van der Waals surface area contributed by atoms with Crippen LogP contribution in [0, 0.1) is 0 Å². The predicted molar refractivity (Wildman–Crippen MR) is 103 cm³/mol. The van der Waals surface area contributed by atoms with Gasteiger partial charge in [-0.1, -0.05) is 66.7 Å². The van der Waals surface area contributed by atoms with Crippen molar-refractivity contribution in [1.29, 1.82) is 0 Å². The highest BCUT2D eigenvalue weighted by Crippen LogP contribution is 2.70. The summed E-state index contributed by atoms with van der Waals surface area (Å²) in [5, 5.41) is 1.95. The van der Waals surface area contributed by atoms with Crippen LogP contribution in [0.4, 0.5) is 4.39 Å². The van der Waals surface area contributed by atoms with Crippen LogP contribution in [0.1, 0.15) is 30.1 Å². The van der Waals surface area contributed by atoms with Gasteiger partial charge in [0.15, 0.2) is 0 Å². The number of nitrogens with zero attached hydrogens (tertiary/aromatic N) is 1. The van der Waals surface area contributed by atoms with Crippen LogP contribution < -0.4 is 0 Å². The van der Waals surface area contributed by atoms with E-state index in [0.29, 0.717) is 5.56 Å². The van der Waals surface area contributed by atoms with Gasteiger partial charge in [0.25, 0.3) is 0 Å². The summed E-state index contributed by atoms with van der Waals surface area (Å²) in [6.07, 6.45) is -0.411. The van der Waals surface area contributed by atoms with Crippen molar-refractivity contribution in [2.45, 2.75) is 25.0 Å². The molecule has 3 aromatic rings. The topological polar surface area (TPSA) is 29.5 Å². The van der Waals surface area contributed by atoms with Gasteiger partial charge < -0.3 is 4.52 Å². The number of alkyl halides is 1. The van der Waals surface area contributed by atoms with Gasteiger partial charge in [0.1, 0.15) is 6.10 Å². The van der Waals surface area contributed by atoms with E-state index in [9.17, 15) is 4.57 Å². The number of rotatable bonds is 3. The molecule has 5 heteroatoms. The Bertz CT molecular complexity index is 978. The molecule has 0 amide bonds. The Balaban J connectivity index is 1.69. The van der Waals surface area contributed by atoms with Crippen molar-refractivity contribution >= 4 is 18.3 Å². The maximum absolute atomic E-state index is 15.4. The molecule has 0 aromatic heterocycles. The van der Waals surface area contributed by atoms with E-state index in [-0.39, 0.29) is 6.04 Å². The van der Waals surface area contributed by atoms with Gasteiger partial charge in [-0.25, -0.2) is 9.06 Å². The molecule has 1 heterocycles. The van der Waals surface area contributed by atoms with Gasteiger partial charge in [0.2, 0.25) is 5.91 Å². The molecule has 4 atom stereocenters. The van der Waals surface area contributed by atoms with Gasteiger partial charge in [-0.05, 0) is 41.9 Å². The van der Waals surface area contributed by atoms with Crippen molar-refractivity contribution in [3.05, 3.63) is 83.9 Å². The summed E-state index contributed by atoms with van der Waals surface area (Å²) >= 11 is 0. The van der Waals surface area contributed by atoms with Crippen LogP contribution in [0.5, 0.6) is 0 Å². The Kier molecular flexibility index (Phi) is 4.44. The Morgan fingerprint density at radius 2 is 1.65 bits per heavy atom.